The highest BCUT2D eigenvalue weighted by atomic mass is 16.5. The number of nitrogens with zero attached hydrogens (tertiary/aromatic N) is 1. The lowest BCUT2D eigenvalue weighted by atomic mass is 10.1. The van der Waals surface area contributed by atoms with Crippen LogP contribution in [0.4, 0.5) is 0 Å². The zero-order valence-corrected chi connectivity index (χ0v) is 13.2. The van der Waals surface area contributed by atoms with Gasteiger partial charge in [-0.1, -0.05) is 13.0 Å². The maximum atomic E-state index is 11.2. The fourth-order valence-electron chi connectivity index (χ4n) is 2.34. The van der Waals surface area contributed by atoms with Crippen molar-refractivity contribution in [2.24, 2.45) is 0 Å². The van der Waals surface area contributed by atoms with Gasteiger partial charge in [-0.15, -0.1) is 0 Å². The molecule has 0 amide bonds. The second-order valence-electron chi connectivity index (χ2n) is 4.67. The van der Waals surface area contributed by atoms with E-state index in [1.54, 1.807) is 39.3 Å². The van der Waals surface area contributed by atoms with Crippen LogP contribution in [0.15, 0.2) is 12.1 Å². The fourth-order valence-corrected chi connectivity index (χ4v) is 2.34. The van der Waals surface area contributed by atoms with Crippen molar-refractivity contribution < 1.29 is 24.1 Å². The number of hydrogen-bond acceptors (Lipinski definition) is 5. The van der Waals surface area contributed by atoms with E-state index in [-0.39, 0.29) is 0 Å². The summed E-state index contributed by atoms with van der Waals surface area (Å²) in [5.74, 6) is 0.809. The molecule has 0 aliphatic rings. The lowest BCUT2D eigenvalue weighted by Gasteiger charge is -2.25. The molecule has 6 heteroatoms. The zero-order valence-electron chi connectivity index (χ0n) is 13.2. The summed E-state index contributed by atoms with van der Waals surface area (Å²) in [5, 5.41) is 9.21. The summed E-state index contributed by atoms with van der Waals surface area (Å²) in [6.45, 7) is 2.29. The van der Waals surface area contributed by atoms with Crippen molar-refractivity contribution in [1.82, 2.24) is 4.90 Å². The molecule has 0 fully saturated rings. The van der Waals surface area contributed by atoms with Gasteiger partial charge in [0.2, 0.25) is 5.75 Å². The van der Waals surface area contributed by atoms with Crippen molar-refractivity contribution in [2.75, 3.05) is 28.4 Å². The highest BCUT2D eigenvalue weighted by Gasteiger charge is 2.23. The number of carboxylic acids is 1. The van der Waals surface area contributed by atoms with Crippen LogP contribution in [0.1, 0.15) is 18.9 Å². The average Bonchev–Trinajstić information content (AvgIpc) is 2.46. The van der Waals surface area contributed by atoms with Gasteiger partial charge < -0.3 is 19.3 Å². The Hall–Kier alpha value is -1.95. The molecule has 21 heavy (non-hydrogen) atoms. The van der Waals surface area contributed by atoms with Crippen molar-refractivity contribution in [1.29, 1.82) is 0 Å². The predicted octanol–water partition coefficient (Wildman–Crippen LogP) is 2.01. The van der Waals surface area contributed by atoms with Gasteiger partial charge in [0.05, 0.1) is 21.3 Å². The summed E-state index contributed by atoms with van der Waals surface area (Å²) < 4.78 is 16.0. The van der Waals surface area contributed by atoms with Gasteiger partial charge in [-0.25, -0.2) is 0 Å². The van der Waals surface area contributed by atoms with E-state index in [0.717, 1.165) is 5.56 Å². The van der Waals surface area contributed by atoms with Crippen LogP contribution in [0.3, 0.4) is 0 Å². The zero-order chi connectivity index (χ0) is 16.0. The molecule has 1 aromatic carbocycles. The second-order valence-corrected chi connectivity index (χ2v) is 4.67. The highest BCUT2D eigenvalue weighted by molar-refractivity contribution is 5.73. The minimum Gasteiger partial charge on any atom is -0.493 e. The number of likely N-dealkylation sites (N-methyl/N-ethyl adjacent to an activating group) is 1. The molecule has 118 valence electrons. The summed E-state index contributed by atoms with van der Waals surface area (Å²) in [7, 11) is 6.42. The third kappa shape index (κ3) is 3.78. The smallest absolute Gasteiger partial charge is 0.320 e. The van der Waals surface area contributed by atoms with Crippen LogP contribution in [-0.4, -0.2) is 50.4 Å². The number of hydrogen-bond donors (Lipinski definition) is 1. The molecule has 1 N–H and O–H groups in total. The van der Waals surface area contributed by atoms with Gasteiger partial charge in [-0.05, 0) is 19.5 Å². The molecule has 0 heterocycles. The third-order valence-electron chi connectivity index (χ3n) is 3.41. The Morgan fingerprint density at radius 3 is 2.24 bits per heavy atom. The van der Waals surface area contributed by atoms with Crippen molar-refractivity contribution in [3.8, 4) is 17.2 Å². The van der Waals surface area contributed by atoms with Crippen LogP contribution in [-0.2, 0) is 11.3 Å². The van der Waals surface area contributed by atoms with Crippen molar-refractivity contribution >= 4 is 5.97 Å². The standard InChI is InChI=1S/C15H23NO5/c1-6-11(15(17)18)16(2)9-10-7-8-12(19-3)14(21-5)13(10)20-4/h7-8,11H,6,9H2,1-5H3,(H,17,18). The summed E-state index contributed by atoms with van der Waals surface area (Å²) >= 11 is 0. The first-order valence-corrected chi connectivity index (χ1v) is 6.70. The Morgan fingerprint density at radius 2 is 1.81 bits per heavy atom. The maximum Gasteiger partial charge on any atom is 0.320 e. The number of rotatable bonds is 8. The van der Waals surface area contributed by atoms with Crippen molar-refractivity contribution in [3.63, 3.8) is 0 Å². The average molecular weight is 297 g/mol. The Bertz CT molecular complexity index is 489. The lowest BCUT2D eigenvalue weighted by Crippen LogP contribution is -2.37. The van der Waals surface area contributed by atoms with Crippen molar-refractivity contribution in [3.05, 3.63) is 17.7 Å². The van der Waals surface area contributed by atoms with Gasteiger partial charge in [0, 0.05) is 12.1 Å². The number of carboxylic acid groups (broad SMARTS) is 1. The summed E-state index contributed by atoms with van der Waals surface area (Å²) in [6, 6.07) is 3.10. The fraction of sp³-hybridized carbons (Fsp3) is 0.533. The second kappa shape index (κ2) is 7.73. The topological polar surface area (TPSA) is 68.2 Å². The van der Waals surface area contributed by atoms with Gasteiger partial charge in [0.15, 0.2) is 11.5 Å². The number of methoxy groups -OCH3 is 3. The highest BCUT2D eigenvalue weighted by Crippen LogP contribution is 2.40. The minimum absolute atomic E-state index is 0.439. The number of aliphatic carboxylic acids is 1. The minimum atomic E-state index is -0.834. The van der Waals surface area contributed by atoms with E-state index in [4.69, 9.17) is 14.2 Å². The van der Waals surface area contributed by atoms with Gasteiger partial charge in [-0.2, -0.15) is 0 Å². The van der Waals surface area contributed by atoms with Crippen LogP contribution in [0.2, 0.25) is 0 Å². The van der Waals surface area contributed by atoms with Gasteiger partial charge in [0.1, 0.15) is 6.04 Å². The quantitative estimate of drug-likeness (QED) is 0.791. The van der Waals surface area contributed by atoms with Crippen LogP contribution in [0.25, 0.3) is 0 Å². The molecule has 1 atom stereocenters. The van der Waals surface area contributed by atoms with E-state index in [2.05, 4.69) is 0 Å². The molecule has 0 aromatic heterocycles. The normalized spacial score (nSPS) is 12.1. The molecule has 0 saturated heterocycles. The number of carbonyl (C=O) groups is 1. The largest absolute Gasteiger partial charge is 0.493 e. The monoisotopic (exact) mass is 297 g/mol. The number of ether oxygens (including phenoxy) is 3. The van der Waals surface area contributed by atoms with Crippen molar-refractivity contribution in [2.45, 2.75) is 25.9 Å². The summed E-state index contributed by atoms with van der Waals surface area (Å²) in [6.07, 6.45) is 0.529. The van der Waals surface area contributed by atoms with Crippen LogP contribution in [0, 0.1) is 0 Å². The first-order chi connectivity index (χ1) is 9.99. The first-order valence-electron chi connectivity index (χ1n) is 6.70. The summed E-state index contributed by atoms with van der Waals surface area (Å²) in [5.41, 5.74) is 0.845. The molecule has 0 saturated carbocycles. The SMILES string of the molecule is CCC(C(=O)O)N(C)Cc1ccc(OC)c(OC)c1OC. The lowest BCUT2D eigenvalue weighted by molar-refractivity contribution is -0.143. The maximum absolute atomic E-state index is 11.2. The van der Waals surface area contributed by atoms with Gasteiger partial charge in [0.25, 0.3) is 0 Å². The Kier molecular flexibility index (Phi) is 6.30. The molecule has 0 radical (unpaired) electrons. The van der Waals surface area contributed by atoms with E-state index in [1.807, 2.05) is 13.0 Å². The molecular formula is C15H23NO5. The predicted molar refractivity (Wildman–Crippen MR) is 79.3 cm³/mol. The van der Waals surface area contributed by atoms with Crippen LogP contribution in [0.5, 0.6) is 17.2 Å². The molecule has 0 spiro atoms. The molecule has 0 aliphatic heterocycles. The van der Waals surface area contributed by atoms with E-state index < -0.39 is 12.0 Å². The first kappa shape index (κ1) is 17.1. The molecule has 1 unspecified atom stereocenters. The third-order valence-corrected chi connectivity index (χ3v) is 3.41. The van der Waals surface area contributed by atoms with Crippen LogP contribution < -0.4 is 14.2 Å². The van der Waals surface area contributed by atoms with Gasteiger partial charge >= 0.3 is 5.97 Å². The molecular weight excluding hydrogens is 274 g/mol. The molecule has 1 aromatic rings. The van der Waals surface area contributed by atoms with E-state index in [0.29, 0.717) is 30.2 Å². The van der Waals surface area contributed by atoms with Crippen LogP contribution >= 0.6 is 0 Å². The molecule has 0 bridgehead atoms. The summed E-state index contributed by atoms with van der Waals surface area (Å²) in [4.78, 5) is 13.0. The Balaban J connectivity index is 3.11. The Labute approximate surface area is 125 Å². The van der Waals surface area contributed by atoms with Gasteiger partial charge in [-0.3, -0.25) is 9.69 Å². The molecule has 1 rings (SSSR count). The molecule has 6 nitrogen and oxygen atoms in total. The van der Waals surface area contributed by atoms with E-state index >= 15 is 0 Å². The number of benzene rings is 1. The molecule has 0 aliphatic carbocycles. The van der Waals surface area contributed by atoms with E-state index in [1.165, 1.54) is 0 Å². The Morgan fingerprint density at radius 1 is 1.19 bits per heavy atom. The van der Waals surface area contributed by atoms with E-state index in [9.17, 15) is 9.90 Å².